The number of piperidine rings is 1. The van der Waals surface area contributed by atoms with Gasteiger partial charge in [0.2, 0.25) is 0 Å². The second-order valence-corrected chi connectivity index (χ2v) is 7.53. The van der Waals surface area contributed by atoms with Crippen LogP contribution in [0.25, 0.3) is 5.65 Å². The van der Waals surface area contributed by atoms with Gasteiger partial charge in [-0.25, -0.2) is 13.8 Å². The van der Waals surface area contributed by atoms with Crippen LogP contribution in [0.4, 0.5) is 0 Å². The van der Waals surface area contributed by atoms with Crippen molar-refractivity contribution in [1.82, 2.24) is 24.2 Å². The topological polar surface area (TPSA) is 62.5 Å². The monoisotopic (exact) mass is 367 g/mol. The molecule has 0 radical (unpaired) electrons. The van der Waals surface area contributed by atoms with Gasteiger partial charge in [-0.3, -0.25) is 4.79 Å². The first kappa shape index (κ1) is 17.1. The van der Waals surface area contributed by atoms with E-state index < -0.39 is 0 Å². The minimum atomic E-state index is -0.188. The molecule has 0 saturated carbocycles. The summed E-state index contributed by atoms with van der Waals surface area (Å²) in [5, 5.41) is 7.18. The van der Waals surface area contributed by atoms with E-state index in [4.69, 9.17) is 0 Å². The molecule has 26 heavy (non-hydrogen) atoms. The summed E-state index contributed by atoms with van der Waals surface area (Å²) in [5.74, 6) is -0.188. The molecule has 4 rings (SSSR count). The Morgan fingerprint density at radius 1 is 1.08 bits per heavy atom. The Balaban J connectivity index is 1.32. The van der Waals surface area contributed by atoms with Gasteiger partial charge in [0.05, 0.1) is 0 Å². The third kappa shape index (κ3) is 4.05. The first-order chi connectivity index (χ1) is 12.8. The highest BCUT2D eigenvalue weighted by atomic mass is 32.2. The molecule has 134 valence electrons. The Kier molecular flexibility index (Phi) is 5.17. The van der Waals surface area contributed by atoms with Crippen molar-refractivity contribution in [3.05, 3.63) is 60.0 Å². The Labute approximate surface area is 156 Å². The van der Waals surface area contributed by atoms with E-state index in [-0.39, 0.29) is 5.91 Å². The van der Waals surface area contributed by atoms with E-state index in [1.165, 1.54) is 24.2 Å². The van der Waals surface area contributed by atoms with Crippen LogP contribution in [0.15, 0.2) is 53.7 Å². The molecule has 3 aromatic rings. The molecule has 1 aromatic carbocycles. The maximum absolute atomic E-state index is 12.3. The minimum absolute atomic E-state index is 0.188. The first-order valence-electron chi connectivity index (χ1n) is 8.88. The molecule has 3 heterocycles. The van der Waals surface area contributed by atoms with E-state index >= 15 is 0 Å². The van der Waals surface area contributed by atoms with Gasteiger partial charge in [0, 0.05) is 36.9 Å². The fourth-order valence-electron chi connectivity index (χ4n) is 2.98. The molecule has 2 aromatic heterocycles. The highest BCUT2D eigenvalue weighted by Crippen LogP contribution is 2.26. The van der Waals surface area contributed by atoms with E-state index in [1.54, 1.807) is 29.0 Å². The Morgan fingerprint density at radius 3 is 2.69 bits per heavy atom. The van der Waals surface area contributed by atoms with Gasteiger partial charge in [0.1, 0.15) is 5.69 Å². The Morgan fingerprint density at radius 2 is 1.88 bits per heavy atom. The normalized spacial score (nSPS) is 15.2. The van der Waals surface area contributed by atoms with E-state index in [0.717, 1.165) is 24.3 Å². The van der Waals surface area contributed by atoms with Gasteiger partial charge in [-0.1, -0.05) is 18.6 Å². The summed E-state index contributed by atoms with van der Waals surface area (Å²) in [6.45, 7) is 2.81. The second-order valence-electron chi connectivity index (χ2n) is 6.36. The number of nitrogens with zero attached hydrogens (tertiary/aromatic N) is 4. The van der Waals surface area contributed by atoms with Gasteiger partial charge in [0.15, 0.2) is 5.65 Å². The highest BCUT2D eigenvalue weighted by molar-refractivity contribution is 7.97. The van der Waals surface area contributed by atoms with Crippen molar-refractivity contribution >= 4 is 23.5 Å². The molecule has 0 aliphatic carbocycles. The second kappa shape index (κ2) is 7.88. The van der Waals surface area contributed by atoms with E-state index in [1.807, 2.05) is 11.9 Å². The lowest BCUT2D eigenvalue weighted by atomic mass is 10.2. The highest BCUT2D eigenvalue weighted by Gasteiger charge is 2.12. The Bertz CT molecular complexity index is 886. The van der Waals surface area contributed by atoms with Crippen molar-refractivity contribution in [3.8, 4) is 0 Å². The quantitative estimate of drug-likeness (QED) is 0.702. The third-order valence-corrected chi connectivity index (χ3v) is 5.52. The van der Waals surface area contributed by atoms with Crippen LogP contribution in [-0.4, -0.2) is 37.9 Å². The summed E-state index contributed by atoms with van der Waals surface area (Å²) in [6, 6.07) is 11.9. The molecule has 6 nitrogen and oxygen atoms in total. The molecular formula is C19H21N5OS. The van der Waals surface area contributed by atoms with Crippen molar-refractivity contribution < 1.29 is 4.79 Å². The van der Waals surface area contributed by atoms with Crippen LogP contribution in [0, 0.1) is 0 Å². The third-order valence-electron chi connectivity index (χ3n) is 4.41. The number of fused-ring (bicyclic) bond motifs is 1. The van der Waals surface area contributed by atoms with Crippen molar-refractivity contribution in [3.63, 3.8) is 0 Å². The van der Waals surface area contributed by atoms with Crippen molar-refractivity contribution in [2.45, 2.75) is 30.7 Å². The first-order valence-corrected chi connectivity index (χ1v) is 9.66. The molecule has 0 spiro atoms. The zero-order valence-electron chi connectivity index (χ0n) is 14.5. The number of nitrogens with one attached hydrogen (secondary N) is 1. The van der Waals surface area contributed by atoms with Crippen LogP contribution < -0.4 is 5.32 Å². The van der Waals surface area contributed by atoms with Crippen molar-refractivity contribution in [2.24, 2.45) is 0 Å². The van der Waals surface area contributed by atoms with Gasteiger partial charge < -0.3 is 5.32 Å². The maximum Gasteiger partial charge on any atom is 0.272 e. The van der Waals surface area contributed by atoms with Crippen LogP contribution in [-0.2, 0) is 6.54 Å². The van der Waals surface area contributed by atoms with E-state index in [2.05, 4.69) is 44.0 Å². The summed E-state index contributed by atoms with van der Waals surface area (Å²) in [7, 11) is 0. The number of benzene rings is 1. The molecule has 1 aliphatic rings. The number of rotatable bonds is 5. The van der Waals surface area contributed by atoms with Gasteiger partial charge >= 0.3 is 0 Å². The summed E-state index contributed by atoms with van der Waals surface area (Å²) in [4.78, 5) is 17.7. The molecule has 1 amide bonds. The smallest absolute Gasteiger partial charge is 0.272 e. The SMILES string of the molecule is O=C(NCc1ccc(SN2CCCCC2)cc1)c1ccc2nccn2n1. The van der Waals surface area contributed by atoms with E-state index in [0.29, 0.717) is 12.2 Å². The number of hydrogen-bond acceptors (Lipinski definition) is 5. The molecule has 1 aliphatic heterocycles. The fourth-order valence-corrected chi connectivity index (χ4v) is 3.98. The van der Waals surface area contributed by atoms with Crippen molar-refractivity contribution in [2.75, 3.05) is 13.1 Å². The summed E-state index contributed by atoms with van der Waals surface area (Å²) in [5.41, 5.74) is 2.18. The lowest BCUT2D eigenvalue weighted by Crippen LogP contribution is -2.24. The van der Waals surface area contributed by atoms with Crippen LogP contribution in [0.3, 0.4) is 0 Å². The number of amides is 1. The number of aromatic nitrogens is 3. The molecule has 0 bridgehead atoms. The zero-order valence-corrected chi connectivity index (χ0v) is 15.3. The lowest BCUT2D eigenvalue weighted by molar-refractivity contribution is 0.0944. The van der Waals surface area contributed by atoms with Gasteiger partial charge in [0.25, 0.3) is 5.91 Å². The fraction of sp³-hybridized carbons (Fsp3) is 0.316. The molecule has 0 unspecified atom stereocenters. The average molecular weight is 367 g/mol. The van der Waals surface area contributed by atoms with Gasteiger partial charge in [-0.05, 0) is 54.6 Å². The number of imidazole rings is 1. The zero-order chi connectivity index (χ0) is 17.8. The molecule has 1 fully saturated rings. The maximum atomic E-state index is 12.3. The number of carbonyl (C=O) groups excluding carboxylic acids is 1. The van der Waals surface area contributed by atoms with Crippen LogP contribution in [0.1, 0.15) is 35.3 Å². The van der Waals surface area contributed by atoms with Crippen molar-refractivity contribution in [1.29, 1.82) is 0 Å². The predicted octanol–water partition coefficient (Wildman–Crippen LogP) is 3.15. The van der Waals surface area contributed by atoms with Crippen LogP contribution >= 0.6 is 11.9 Å². The summed E-state index contributed by atoms with van der Waals surface area (Å²) >= 11 is 1.82. The molecule has 1 N–H and O–H groups in total. The predicted molar refractivity (Wildman–Crippen MR) is 102 cm³/mol. The largest absolute Gasteiger partial charge is 0.347 e. The molecule has 0 atom stereocenters. The van der Waals surface area contributed by atoms with Gasteiger partial charge in [-0.15, -0.1) is 0 Å². The molecular weight excluding hydrogens is 346 g/mol. The molecule has 7 heteroatoms. The number of carbonyl (C=O) groups is 1. The lowest BCUT2D eigenvalue weighted by Gasteiger charge is -2.25. The molecule has 1 saturated heterocycles. The summed E-state index contributed by atoms with van der Waals surface area (Å²) < 4.78 is 4.03. The summed E-state index contributed by atoms with van der Waals surface area (Å²) in [6.07, 6.45) is 7.31. The number of hydrogen-bond donors (Lipinski definition) is 1. The standard InChI is InChI=1S/C19H21N5OS/c25-19(17-8-9-18-20-10-13-24(18)22-17)21-14-15-4-6-16(7-5-15)26-23-11-2-1-3-12-23/h4-10,13H,1-3,11-12,14H2,(H,21,25). The van der Waals surface area contributed by atoms with Gasteiger partial charge in [-0.2, -0.15) is 5.10 Å². The van der Waals surface area contributed by atoms with E-state index in [9.17, 15) is 4.79 Å². The average Bonchev–Trinajstić information content (AvgIpc) is 3.16. The minimum Gasteiger partial charge on any atom is -0.347 e. The Hall–Kier alpha value is -2.38. The van der Waals surface area contributed by atoms with Crippen LogP contribution in [0.2, 0.25) is 0 Å². The van der Waals surface area contributed by atoms with Crippen LogP contribution in [0.5, 0.6) is 0 Å².